The highest BCUT2D eigenvalue weighted by Crippen LogP contribution is 1.73. The van der Waals surface area contributed by atoms with Crippen LogP contribution in [0.2, 0.25) is 0 Å². The van der Waals surface area contributed by atoms with Crippen LogP contribution >= 0.6 is 0 Å². The summed E-state index contributed by atoms with van der Waals surface area (Å²) in [6.45, 7) is 7.50. The van der Waals surface area contributed by atoms with E-state index in [0.717, 1.165) is 0 Å². The van der Waals surface area contributed by atoms with Gasteiger partial charge in [0.2, 0.25) is 0 Å². The van der Waals surface area contributed by atoms with Crippen LogP contribution in [0.4, 0.5) is 9.59 Å². The third-order valence-corrected chi connectivity index (χ3v) is 0. The summed E-state index contributed by atoms with van der Waals surface area (Å²) in [4.78, 5) is 18.0. The minimum atomic E-state index is -0.833. The number of nitrogens with two attached hydrogens (primary N) is 4. The molecule has 0 aromatic rings. The van der Waals surface area contributed by atoms with Crippen molar-refractivity contribution in [2.45, 2.75) is 13.8 Å². The molecule has 0 atom stereocenters. The Morgan fingerprint density at radius 2 is 0.917 bits per heavy atom. The summed E-state index contributed by atoms with van der Waals surface area (Å²) in [6.07, 6.45) is 0. The van der Waals surface area contributed by atoms with Gasteiger partial charge in [-0.05, 0) is 13.8 Å². The maximum Gasteiger partial charge on any atom is 0.309 e. The van der Waals surface area contributed by atoms with Crippen molar-refractivity contribution in [3.05, 3.63) is 12.2 Å². The van der Waals surface area contributed by atoms with Gasteiger partial charge in [0.25, 0.3) is 0 Å². The summed E-state index contributed by atoms with van der Waals surface area (Å²) < 4.78 is 0. The first-order valence-corrected chi connectivity index (χ1v) is 2.92. The van der Waals surface area contributed by atoms with Crippen LogP contribution in [0.15, 0.2) is 12.2 Å². The lowest BCUT2D eigenvalue weighted by molar-refractivity contribution is 0.255. The molecule has 6 heteroatoms. The van der Waals surface area contributed by atoms with E-state index in [-0.39, 0.29) is 0 Å². The van der Waals surface area contributed by atoms with E-state index in [1.807, 2.05) is 13.8 Å². The number of carbonyl (C=O) groups excluding carboxylic acids is 2. The zero-order chi connectivity index (χ0) is 10.7. The van der Waals surface area contributed by atoms with Crippen LogP contribution in [0.25, 0.3) is 0 Å². The number of hydrogen-bond donors (Lipinski definition) is 4. The van der Waals surface area contributed by atoms with Crippen LogP contribution in [0.3, 0.4) is 0 Å². The topological polar surface area (TPSA) is 138 Å². The minimum absolute atomic E-state index is 0.833. The molecule has 0 aliphatic carbocycles. The van der Waals surface area contributed by atoms with Crippen molar-refractivity contribution in [2.75, 3.05) is 0 Å². The molecule has 0 rings (SSSR count). The number of rotatable bonds is 0. The molecule has 0 fully saturated rings. The smallest absolute Gasteiger partial charge is 0.309 e. The third kappa shape index (κ3) is 148. The first-order valence-electron chi connectivity index (χ1n) is 2.92. The lowest BCUT2D eigenvalue weighted by Gasteiger charge is -1.65. The molecule has 0 aliphatic heterocycles. The predicted octanol–water partition coefficient (Wildman–Crippen LogP) is -0.370. The minimum Gasteiger partial charge on any atom is -0.352 e. The standard InChI is InChI=1S/C4H8.2CH4N2O/c1-4(2)3;2*2-1(3)4/h1H2,2-3H3;2*(H4,2,3,4). The van der Waals surface area contributed by atoms with Crippen LogP contribution in [-0.4, -0.2) is 12.1 Å². The number of urea groups is 2. The summed E-state index contributed by atoms with van der Waals surface area (Å²) in [5.41, 5.74) is 18.2. The summed E-state index contributed by atoms with van der Waals surface area (Å²) >= 11 is 0. The summed E-state index contributed by atoms with van der Waals surface area (Å²) in [5, 5.41) is 0. The Kier molecular flexibility index (Phi) is 16.7. The number of carbonyl (C=O) groups is 2. The van der Waals surface area contributed by atoms with Gasteiger partial charge in [0.15, 0.2) is 0 Å². The molecule has 0 saturated heterocycles. The highest BCUT2D eigenvalue weighted by molar-refractivity contribution is 5.69. The second kappa shape index (κ2) is 12.0. The van der Waals surface area contributed by atoms with E-state index < -0.39 is 12.1 Å². The zero-order valence-corrected chi connectivity index (χ0v) is 7.33. The molecule has 0 radical (unpaired) electrons. The molecule has 8 N–H and O–H groups in total. The van der Waals surface area contributed by atoms with Crippen molar-refractivity contribution in [1.29, 1.82) is 0 Å². The fourth-order valence-corrected chi connectivity index (χ4v) is 0. The Labute approximate surface area is 71.6 Å². The molecule has 0 unspecified atom stereocenters. The molecule has 0 bridgehead atoms. The Morgan fingerprint density at radius 3 is 0.917 bits per heavy atom. The monoisotopic (exact) mass is 176 g/mol. The van der Waals surface area contributed by atoms with Gasteiger partial charge in [0.05, 0.1) is 0 Å². The summed E-state index contributed by atoms with van der Waals surface area (Å²) in [6, 6.07) is -1.67. The molecule has 0 aliphatic rings. The van der Waals surface area contributed by atoms with Crippen molar-refractivity contribution in [3.8, 4) is 0 Å². The van der Waals surface area contributed by atoms with Crippen molar-refractivity contribution in [1.82, 2.24) is 0 Å². The van der Waals surface area contributed by atoms with Crippen LogP contribution < -0.4 is 22.9 Å². The van der Waals surface area contributed by atoms with E-state index in [4.69, 9.17) is 9.59 Å². The highest BCUT2D eigenvalue weighted by atomic mass is 16.2. The van der Waals surface area contributed by atoms with E-state index in [9.17, 15) is 0 Å². The first-order chi connectivity index (χ1) is 5.20. The molecule has 12 heavy (non-hydrogen) atoms. The molecule has 0 heterocycles. The second-order valence-corrected chi connectivity index (χ2v) is 2.01. The molecule has 0 aromatic carbocycles. The van der Waals surface area contributed by atoms with Crippen molar-refractivity contribution >= 4 is 12.1 Å². The van der Waals surface area contributed by atoms with Crippen molar-refractivity contribution in [2.24, 2.45) is 22.9 Å². The molecule has 4 amide bonds. The van der Waals surface area contributed by atoms with E-state index in [1.54, 1.807) is 0 Å². The molecular weight excluding hydrogens is 160 g/mol. The Bertz CT molecular complexity index is 115. The van der Waals surface area contributed by atoms with E-state index in [0.29, 0.717) is 0 Å². The first kappa shape index (κ1) is 16.7. The number of primary amides is 4. The van der Waals surface area contributed by atoms with Gasteiger partial charge in [-0.3, -0.25) is 0 Å². The Balaban J connectivity index is -0.000000101. The van der Waals surface area contributed by atoms with E-state index in [2.05, 4.69) is 29.5 Å². The van der Waals surface area contributed by atoms with Crippen LogP contribution in [0, 0.1) is 0 Å². The molecular formula is C6H16N4O2. The highest BCUT2D eigenvalue weighted by Gasteiger charge is 1.61. The SMILES string of the molecule is C=C(C)C.NC(N)=O.NC(N)=O. The molecule has 0 aromatic heterocycles. The summed E-state index contributed by atoms with van der Waals surface area (Å²) in [5.74, 6) is 0. The van der Waals surface area contributed by atoms with Gasteiger partial charge in [0.1, 0.15) is 0 Å². The quantitative estimate of drug-likeness (QED) is 0.374. The average molecular weight is 176 g/mol. The van der Waals surface area contributed by atoms with Gasteiger partial charge in [-0.15, -0.1) is 6.58 Å². The largest absolute Gasteiger partial charge is 0.352 e. The fourth-order valence-electron chi connectivity index (χ4n) is 0. The lowest BCUT2D eigenvalue weighted by atomic mass is 10.4. The number of allylic oxidation sites excluding steroid dienone is 1. The van der Waals surface area contributed by atoms with E-state index >= 15 is 0 Å². The third-order valence-electron chi connectivity index (χ3n) is 0. The molecule has 6 nitrogen and oxygen atoms in total. The van der Waals surface area contributed by atoms with Crippen LogP contribution in [0.1, 0.15) is 13.8 Å². The van der Waals surface area contributed by atoms with Crippen molar-refractivity contribution in [3.63, 3.8) is 0 Å². The van der Waals surface area contributed by atoms with Crippen molar-refractivity contribution < 1.29 is 9.59 Å². The maximum absolute atomic E-state index is 9.00. The molecule has 72 valence electrons. The van der Waals surface area contributed by atoms with Gasteiger partial charge < -0.3 is 22.9 Å². The van der Waals surface area contributed by atoms with Gasteiger partial charge in [0, 0.05) is 0 Å². The Hall–Kier alpha value is -1.72. The van der Waals surface area contributed by atoms with Gasteiger partial charge in [-0.1, -0.05) is 5.57 Å². The Morgan fingerprint density at radius 1 is 0.917 bits per heavy atom. The molecule has 0 saturated carbocycles. The van der Waals surface area contributed by atoms with Crippen LogP contribution in [0.5, 0.6) is 0 Å². The zero-order valence-electron chi connectivity index (χ0n) is 7.33. The lowest BCUT2D eigenvalue weighted by Crippen LogP contribution is -2.18. The second-order valence-electron chi connectivity index (χ2n) is 2.01. The summed E-state index contributed by atoms with van der Waals surface area (Å²) in [7, 11) is 0. The normalized spacial score (nSPS) is 6.17. The predicted molar refractivity (Wildman–Crippen MR) is 48.0 cm³/mol. The van der Waals surface area contributed by atoms with E-state index in [1.165, 1.54) is 5.57 Å². The van der Waals surface area contributed by atoms with Gasteiger partial charge in [-0.2, -0.15) is 0 Å². The molecule has 0 spiro atoms. The maximum atomic E-state index is 9.00. The average Bonchev–Trinajstić information content (AvgIpc) is 1.54. The number of hydrogen-bond acceptors (Lipinski definition) is 2. The van der Waals surface area contributed by atoms with Gasteiger partial charge >= 0.3 is 12.1 Å². The van der Waals surface area contributed by atoms with Crippen LogP contribution in [-0.2, 0) is 0 Å². The van der Waals surface area contributed by atoms with Gasteiger partial charge in [-0.25, -0.2) is 9.59 Å². The fraction of sp³-hybridized carbons (Fsp3) is 0.333. The number of amides is 4.